The molecule has 2 atom stereocenters. The van der Waals surface area contributed by atoms with Gasteiger partial charge in [0.25, 0.3) is 11.8 Å². The van der Waals surface area contributed by atoms with E-state index in [1.165, 1.54) is 0 Å². The van der Waals surface area contributed by atoms with E-state index < -0.39 is 5.92 Å². The second kappa shape index (κ2) is 6.65. The van der Waals surface area contributed by atoms with Gasteiger partial charge in [-0.3, -0.25) is 19.7 Å². The molecule has 0 spiro atoms. The van der Waals surface area contributed by atoms with Gasteiger partial charge in [0, 0.05) is 38.3 Å². The zero-order valence-electron chi connectivity index (χ0n) is 14.0. The molecule has 3 aliphatic rings. The molecule has 4 heterocycles. The third-order valence-corrected chi connectivity index (χ3v) is 4.75. The molecule has 1 aromatic rings. The van der Waals surface area contributed by atoms with Gasteiger partial charge < -0.3 is 10.6 Å². The zero-order valence-corrected chi connectivity index (χ0v) is 14.0. The Morgan fingerprint density at radius 2 is 2.04 bits per heavy atom. The first-order chi connectivity index (χ1) is 12.5. The second-order valence-corrected chi connectivity index (χ2v) is 6.56. The van der Waals surface area contributed by atoms with Gasteiger partial charge in [-0.25, -0.2) is 14.2 Å². The van der Waals surface area contributed by atoms with Crippen molar-refractivity contribution in [2.45, 2.75) is 31.1 Å². The number of alkyl halides is 2. The van der Waals surface area contributed by atoms with Crippen molar-refractivity contribution in [2.75, 3.05) is 18.4 Å². The number of hydrogen-bond donors (Lipinski definition) is 3. The Balaban J connectivity index is 1.42. The van der Waals surface area contributed by atoms with E-state index in [4.69, 9.17) is 0 Å². The van der Waals surface area contributed by atoms with E-state index in [9.17, 15) is 13.6 Å². The lowest BCUT2D eigenvalue weighted by atomic mass is 10.1. The molecule has 3 aliphatic heterocycles. The Kier molecular flexibility index (Phi) is 4.33. The predicted octanol–water partition coefficient (Wildman–Crippen LogP) is 1.22. The summed E-state index contributed by atoms with van der Waals surface area (Å²) in [6.45, 7) is 0.615. The minimum absolute atomic E-state index is 0.148. The predicted molar refractivity (Wildman–Crippen MR) is 91.5 cm³/mol. The summed E-state index contributed by atoms with van der Waals surface area (Å²) in [5.41, 5.74) is 4.28. The Bertz CT molecular complexity index is 728. The molecule has 138 valence electrons. The van der Waals surface area contributed by atoms with Crippen LogP contribution in [-0.2, 0) is 4.79 Å². The number of amides is 1. The largest absolute Gasteiger partial charge is 0.365 e. The SMILES string of the molecule is O=C(Nc1cccnc1)C1=CNC2C=CC(N3CCC(F)(F)CC3)NN12. The van der Waals surface area contributed by atoms with Gasteiger partial charge in [-0.1, -0.05) is 6.08 Å². The number of halogens is 2. The third-order valence-electron chi connectivity index (χ3n) is 4.75. The molecule has 2 unspecified atom stereocenters. The number of likely N-dealkylation sites (tertiary alicyclic amines) is 1. The van der Waals surface area contributed by atoms with Gasteiger partial charge in [0.1, 0.15) is 11.9 Å². The van der Waals surface area contributed by atoms with Crippen molar-refractivity contribution in [1.29, 1.82) is 0 Å². The smallest absolute Gasteiger partial charge is 0.274 e. The summed E-state index contributed by atoms with van der Waals surface area (Å²) < 4.78 is 26.8. The molecule has 0 saturated carbocycles. The van der Waals surface area contributed by atoms with Crippen molar-refractivity contribution in [1.82, 2.24) is 25.6 Å². The minimum Gasteiger partial charge on any atom is -0.365 e. The highest BCUT2D eigenvalue weighted by atomic mass is 19.3. The van der Waals surface area contributed by atoms with Gasteiger partial charge in [0.15, 0.2) is 0 Å². The number of carbonyl (C=O) groups is 1. The molecule has 9 heteroatoms. The van der Waals surface area contributed by atoms with Crippen LogP contribution in [0.5, 0.6) is 0 Å². The van der Waals surface area contributed by atoms with E-state index in [0.29, 0.717) is 24.5 Å². The molecule has 0 aliphatic carbocycles. The molecule has 3 N–H and O–H groups in total. The monoisotopic (exact) mass is 362 g/mol. The van der Waals surface area contributed by atoms with Crippen LogP contribution in [0.15, 0.2) is 48.6 Å². The number of hydrazine groups is 1. The lowest BCUT2D eigenvalue weighted by molar-refractivity contribution is -0.115. The van der Waals surface area contributed by atoms with Crippen LogP contribution < -0.4 is 16.1 Å². The van der Waals surface area contributed by atoms with Crippen LogP contribution in [0.4, 0.5) is 14.5 Å². The van der Waals surface area contributed by atoms with Crippen molar-refractivity contribution < 1.29 is 13.6 Å². The molecule has 1 amide bonds. The van der Waals surface area contributed by atoms with Crippen LogP contribution in [0.25, 0.3) is 0 Å². The van der Waals surface area contributed by atoms with Crippen molar-refractivity contribution in [3.8, 4) is 0 Å². The standard InChI is InChI=1S/C17H20F2N6O/c18-17(19)5-8-24(9-6-17)15-4-3-14-21-11-13(25(14)23-15)16(26)22-12-2-1-7-20-10-12/h1-4,7,10-11,14-15,21,23H,5-6,8-9H2,(H,22,26). The highest BCUT2D eigenvalue weighted by Gasteiger charge is 2.39. The van der Waals surface area contributed by atoms with E-state index >= 15 is 0 Å². The van der Waals surface area contributed by atoms with E-state index in [1.807, 2.05) is 17.1 Å². The Morgan fingerprint density at radius 3 is 2.77 bits per heavy atom. The van der Waals surface area contributed by atoms with Crippen LogP contribution in [0, 0.1) is 0 Å². The quantitative estimate of drug-likeness (QED) is 0.703. The molecule has 1 saturated heterocycles. The van der Waals surface area contributed by atoms with E-state index in [1.54, 1.807) is 35.7 Å². The lowest BCUT2D eigenvalue weighted by Crippen LogP contribution is -2.60. The normalized spacial score (nSPS) is 27.5. The first-order valence-corrected chi connectivity index (χ1v) is 8.55. The first kappa shape index (κ1) is 16.9. The van der Waals surface area contributed by atoms with Gasteiger partial charge >= 0.3 is 0 Å². The summed E-state index contributed by atoms with van der Waals surface area (Å²) in [4.78, 5) is 18.5. The molecular weight excluding hydrogens is 342 g/mol. The fourth-order valence-electron chi connectivity index (χ4n) is 3.29. The molecule has 0 aromatic carbocycles. The van der Waals surface area contributed by atoms with Gasteiger partial charge in [0.05, 0.1) is 18.1 Å². The maximum absolute atomic E-state index is 13.4. The third kappa shape index (κ3) is 3.40. The number of rotatable bonds is 3. The van der Waals surface area contributed by atoms with Crippen LogP contribution in [0.2, 0.25) is 0 Å². The van der Waals surface area contributed by atoms with Crippen LogP contribution in [0.1, 0.15) is 12.8 Å². The molecular formula is C17H20F2N6O. The van der Waals surface area contributed by atoms with Gasteiger partial charge in [-0.05, 0) is 18.2 Å². The summed E-state index contributed by atoms with van der Waals surface area (Å²) >= 11 is 0. The summed E-state index contributed by atoms with van der Waals surface area (Å²) in [5, 5.41) is 7.63. The topological polar surface area (TPSA) is 72.5 Å². The number of fused-ring (bicyclic) bond motifs is 1. The molecule has 26 heavy (non-hydrogen) atoms. The van der Waals surface area contributed by atoms with Gasteiger partial charge in [0.2, 0.25) is 0 Å². The zero-order chi connectivity index (χ0) is 18.1. The maximum Gasteiger partial charge on any atom is 0.274 e. The average Bonchev–Trinajstić information content (AvgIpc) is 3.06. The van der Waals surface area contributed by atoms with Gasteiger partial charge in [-0.2, -0.15) is 0 Å². The maximum atomic E-state index is 13.4. The molecule has 0 bridgehead atoms. The van der Waals surface area contributed by atoms with Crippen LogP contribution in [-0.4, -0.2) is 52.1 Å². The highest BCUT2D eigenvalue weighted by molar-refractivity contribution is 6.03. The Morgan fingerprint density at radius 1 is 1.27 bits per heavy atom. The highest BCUT2D eigenvalue weighted by Crippen LogP contribution is 2.29. The second-order valence-electron chi connectivity index (χ2n) is 6.56. The first-order valence-electron chi connectivity index (χ1n) is 8.55. The number of carbonyl (C=O) groups excluding carboxylic acids is 1. The van der Waals surface area contributed by atoms with E-state index in [2.05, 4.69) is 21.0 Å². The number of aromatic nitrogens is 1. The molecule has 0 radical (unpaired) electrons. The van der Waals surface area contributed by atoms with Gasteiger partial charge in [-0.15, -0.1) is 0 Å². The average molecular weight is 362 g/mol. The summed E-state index contributed by atoms with van der Waals surface area (Å²) in [5.74, 6) is -2.86. The number of nitrogens with one attached hydrogen (secondary N) is 3. The minimum atomic E-state index is -2.58. The lowest BCUT2D eigenvalue weighted by Gasteiger charge is -2.42. The summed E-state index contributed by atoms with van der Waals surface area (Å²) in [6.07, 6.45) is 7.99. The molecule has 7 nitrogen and oxygen atoms in total. The molecule has 4 rings (SSSR count). The molecule has 1 aromatic heterocycles. The number of piperidine rings is 1. The van der Waals surface area contributed by atoms with Crippen LogP contribution >= 0.6 is 0 Å². The van der Waals surface area contributed by atoms with Crippen LogP contribution in [0.3, 0.4) is 0 Å². The van der Waals surface area contributed by atoms with Crippen molar-refractivity contribution in [3.05, 3.63) is 48.6 Å². The number of hydrogen-bond acceptors (Lipinski definition) is 6. The fraction of sp³-hybridized carbons (Fsp3) is 0.412. The van der Waals surface area contributed by atoms with Crippen molar-refractivity contribution >= 4 is 11.6 Å². The number of pyridine rings is 1. The van der Waals surface area contributed by atoms with Crippen molar-refractivity contribution in [3.63, 3.8) is 0 Å². The number of anilines is 1. The molecule has 1 fully saturated rings. The van der Waals surface area contributed by atoms with Crippen molar-refractivity contribution in [2.24, 2.45) is 0 Å². The summed E-state index contributed by atoms with van der Waals surface area (Å²) in [7, 11) is 0. The van der Waals surface area contributed by atoms with E-state index in [-0.39, 0.29) is 31.1 Å². The fourth-order valence-corrected chi connectivity index (χ4v) is 3.29. The number of nitrogens with zero attached hydrogens (tertiary/aromatic N) is 3. The van der Waals surface area contributed by atoms with E-state index in [0.717, 1.165) is 0 Å². The Labute approximate surface area is 149 Å². The Hall–Kier alpha value is -2.52. The summed E-state index contributed by atoms with van der Waals surface area (Å²) in [6, 6.07) is 3.50.